The van der Waals surface area contributed by atoms with Crippen molar-refractivity contribution in [3.05, 3.63) is 59.2 Å². The molecular weight excluding hydrogens is 549 g/mol. The zero-order valence-corrected chi connectivity index (χ0v) is 20.1. The maximum Gasteiger partial charge on any atom is 0.466 e. The van der Waals surface area contributed by atoms with Gasteiger partial charge in [0.25, 0.3) is 0 Å². The molecule has 4 rings (SSSR count). The summed E-state index contributed by atoms with van der Waals surface area (Å²) in [6.07, 6.45) is -2.54. The zero-order chi connectivity index (χ0) is 28.4. The Bertz CT molecular complexity index is 1330. The van der Waals surface area contributed by atoms with Crippen LogP contribution in [-0.2, 0) is 35.0 Å². The first-order valence-corrected chi connectivity index (χ1v) is 12.2. The topological polar surface area (TPSA) is 171 Å². The number of fused-ring (bicyclic) bond motifs is 1. The van der Waals surface area contributed by atoms with Crippen LogP contribution in [0.25, 0.3) is 11.4 Å². The van der Waals surface area contributed by atoms with Crippen LogP contribution in [0.5, 0.6) is 0 Å². The van der Waals surface area contributed by atoms with Gasteiger partial charge in [0, 0.05) is 31.6 Å². The smallest absolute Gasteiger partial charge is 0.343 e. The van der Waals surface area contributed by atoms with Gasteiger partial charge in [-0.15, -0.1) is 0 Å². The molecule has 6 N–H and O–H groups in total. The highest BCUT2D eigenvalue weighted by molar-refractivity contribution is 7.45. The number of amides is 1. The molecule has 0 fully saturated rings. The largest absolute Gasteiger partial charge is 0.466 e. The summed E-state index contributed by atoms with van der Waals surface area (Å²) in [5, 5.41) is 0. The second-order valence-corrected chi connectivity index (χ2v) is 9.23. The van der Waals surface area contributed by atoms with Crippen LogP contribution in [0, 0.1) is 17.5 Å². The molecule has 0 saturated carbocycles. The molecule has 0 radical (unpaired) electrons. The average molecular weight is 570 g/mol. The molecule has 1 amide bonds. The number of hydrogen-bond acceptors (Lipinski definition) is 5. The standard InChI is InChI=1S/C20H18F6N6O.H3O4P/c21-12-6-14(23)13(22)4-10(12)3-11(27)5-17(33)31-1-2-32-16(8-31)18(15-7-28-9-29-15)30-19(32)20(24,25)26;1-5(2,3)4/h4,6-7,9,11H,1-3,5,8,27H2,(H,28,29);(H3,1,2,3,4)/t11-;/m1./s1. The van der Waals surface area contributed by atoms with Crippen LogP contribution in [0.15, 0.2) is 24.7 Å². The Hall–Kier alpha value is -3.24. The van der Waals surface area contributed by atoms with E-state index in [1.807, 2.05) is 0 Å². The molecule has 0 spiro atoms. The van der Waals surface area contributed by atoms with Crippen LogP contribution < -0.4 is 5.73 Å². The van der Waals surface area contributed by atoms with E-state index < -0.39 is 49.2 Å². The van der Waals surface area contributed by atoms with Gasteiger partial charge in [-0.25, -0.2) is 27.7 Å². The number of hydrogen-bond donors (Lipinski definition) is 5. The molecular formula is C20H21F6N6O5P. The Morgan fingerprint density at radius 1 is 1.13 bits per heavy atom. The molecule has 11 nitrogen and oxygen atoms in total. The number of halogens is 6. The van der Waals surface area contributed by atoms with Gasteiger partial charge in [-0.2, -0.15) is 13.2 Å². The first-order chi connectivity index (χ1) is 17.5. The summed E-state index contributed by atoms with van der Waals surface area (Å²) >= 11 is 0. The number of alkyl halides is 3. The minimum Gasteiger partial charge on any atom is -0.343 e. The number of H-pyrrole nitrogens is 1. The van der Waals surface area contributed by atoms with Crippen LogP contribution in [0.1, 0.15) is 23.5 Å². The molecule has 1 atom stereocenters. The number of nitrogens with one attached hydrogen (secondary N) is 1. The minimum absolute atomic E-state index is 0.0139. The lowest BCUT2D eigenvalue weighted by atomic mass is 10.0. The molecule has 2 aromatic heterocycles. The van der Waals surface area contributed by atoms with Crippen molar-refractivity contribution in [2.45, 2.75) is 38.1 Å². The fraction of sp³-hybridized carbons (Fsp3) is 0.350. The third-order valence-corrected chi connectivity index (χ3v) is 5.37. The van der Waals surface area contributed by atoms with Crippen LogP contribution in [0.4, 0.5) is 26.3 Å². The van der Waals surface area contributed by atoms with Gasteiger partial charge in [0.15, 0.2) is 11.6 Å². The quantitative estimate of drug-likeness (QED) is 0.176. The Morgan fingerprint density at radius 3 is 2.34 bits per heavy atom. The number of phosphoric acid groups is 1. The molecule has 38 heavy (non-hydrogen) atoms. The predicted molar refractivity (Wildman–Crippen MR) is 117 cm³/mol. The second-order valence-electron chi connectivity index (χ2n) is 8.20. The number of nitrogens with two attached hydrogens (primary N) is 1. The number of benzene rings is 1. The molecule has 1 aliphatic rings. The van der Waals surface area contributed by atoms with Crippen LogP contribution in [0.3, 0.4) is 0 Å². The first-order valence-electron chi connectivity index (χ1n) is 10.6. The van der Waals surface area contributed by atoms with Gasteiger partial charge in [-0.3, -0.25) is 4.79 Å². The van der Waals surface area contributed by atoms with E-state index in [9.17, 15) is 31.1 Å². The Kier molecular flexibility index (Phi) is 8.68. The van der Waals surface area contributed by atoms with Gasteiger partial charge in [0.05, 0.1) is 30.5 Å². The Balaban J connectivity index is 0.000000732. The van der Waals surface area contributed by atoms with Crippen molar-refractivity contribution in [1.82, 2.24) is 24.4 Å². The van der Waals surface area contributed by atoms with Crippen molar-refractivity contribution in [2.75, 3.05) is 6.54 Å². The van der Waals surface area contributed by atoms with Crippen molar-refractivity contribution in [2.24, 2.45) is 5.73 Å². The summed E-state index contributed by atoms with van der Waals surface area (Å²) in [4.78, 5) is 45.9. The molecule has 0 unspecified atom stereocenters. The monoisotopic (exact) mass is 570 g/mol. The summed E-state index contributed by atoms with van der Waals surface area (Å²) in [5.74, 6) is -5.09. The van der Waals surface area contributed by atoms with Crippen LogP contribution >= 0.6 is 7.82 Å². The molecule has 208 valence electrons. The average Bonchev–Trinajstić information content (AvgIpc) is 3.43. The third-order valence-electron chi connectivity index (χ3n) is 5.37. The van der Waals surface area contributed by atoms with Crippen molar-refractivity contribution in [1.29, 1.82) is 0 Å². The van der Waals surface area contributed by atoms with Gasteiger partial charge >= 0.3 is 14.0 Å². The lowest BCUT2D eigenvalue weighted by molar-refractivity contribution is -0.148. The normalized spacial score (nSPS) is 14.5. The summed E-state index contributed by atoms with van der Waals surface area (Å²) < 4.78 is 90.6. The van der Waals surface area contributed by atoms with Crippen molar-refractivity contribution < 1.29 is 50.4 Å². The number of carbonyl (C=O) groups is 1. The number of aromatic amines is 1. The molecule has 3 heterocycles. The Morgan fingerprint density at radius 2 is 1.76 bits per heavy atom. The van der Waals surface area contributed by atoms with E-state index >= 15 is 0 Å². The third kappa shape index (κ3) is 7.41. The van der Waals surface area contributed by atoms with E-state index in [0.29, 0.717) is 12.1 Å². The van der Waals surface area contributed by atoms with Gasteiger partial charge in [0.2, 0.25) is 11.7 Å². The summed E-state index contributed by atoms with van der Waals surface area (Å²) in [5.41, 5.74) is 6.24. The van der Waals surface area contributed by atoms with Gasteiger partial charge in [-0.1, -0.05) is 0 Å². The summed E-state index contributed by atoms with van der Waals surface area (Å²) in [6, 6.07) is 0.172. The number of aromatic nitrogens is 4. The molecule has 1 aliphatic heterocycles. The molecule has 1 aromatic carbocycles. The summed E-state index contributed by atoms with van der Waals surface area (Å²) in [7, 11) is -4.64. The number of rotatable bonds is 5. The predicted octanol–water partition coefficient (Wildman–Crippen LogP) is 2.08. The fourth-order valence-corrected chi connectivity index (χ4v) is 3.83. The highest BCUT2D eigenvalue weighted by Gasteiger charge is 2.41. The lowest BCUT2D eigenvalue weighted by Gasteiger charge is -2.30. The van der Waals surface area contributed by atoms with E-state index in [2.05, 4.69) is 15.0 Å². The lowest BCUT2D eigenvalue weighted by Crippen LogP contribution is -2.42. The van der Waals surface area contributed by atoms with Gasteiger partial charge < -0.3 is 34.9 Å². The highest BCUT2D eigenvalue weighted by Crippen LogP contribution is 2.35. The van der Waals surface area contributed by atoms with Crippen molar-refractivity contribution in [3.8, 4) is 11.4 Å². The maximum absolute atomic E-state index is 13.9. The van der Waals surface area contributed by atoms with Crippen LogP contribution in [0.2, 0.25) is 0 Å². The molecule has 18 heteroatoms. The van der Waals surface area contributed by atoms with Crippen LogP contribution in [-0.4, -0.2) is 57.6 Å². The number of carbonyl (C=O) groups excluding carboxylic acids is 1. The van der Waals surface area contributed by atoms with E-state index in [1.165, 1.54) is 17.4 Å². The number of nitrogens with zero attached hydrogens (tertiary/aromatic N) is 4. The Labute approximate surface area is 210 Å². The maximum atomic E-state index is 13.9. The van der Waals surface area contributed by atoms with Gasteiger partial charge in [0.1, 0.15) is 11.5 Å². The SMILES string of the molecule is N[C@@H](CC(=O)N1CCn2c(C(F)(F)F)nc(-c3cnc[nH]3)c2C1)Cc1cc(F)c(F)cc1F.O=P(O)(O)O. The highest BCUT2D eigenvalue weighted by atomic mass is 31.2. The molecule has 0 aliphatic carbocycles. The van der Waals surface area contributed by atoms with E-state index in [-0.39, 0.29) is 55.1 Å². The van der Waals surface area contributed by atoms with Crippen molar-refractivity contribution in [3.63, 3.8) is 0 Å². The zero-order valence-electron chi connectivity index (χ0n) is 19.2. The van der Waals surface area contributed by atoms with E-state index in [0.717, 1.165) is 4.57 Å². The molecule has 3 aromatic rings. The second kappa shape index (κ2) is 11.2. The first kappa shape index (κ1) is 29.3. The fourth-order valence-electron chi connectivity index (χ4n) is 3.83. The van der Waals surface area contributed by atoms with Crippen molar-refractivity contribution >= 4 is 13.7 Å². The molecule has 0 bridgehead atoms. The summed E-state index contributed by atoms with van der Waals surface area (Å²) in [6.45, 7) is -0.299. The van der Waals surface area contributed by atoms with E-state index in [4.69, 9.17) is 25.0 Å². The van der Waals surface area contributed by atoms with E-state index in [1.54, 1.807) is 0 Å². The minimum atomic E-state index is -4.68. The number of imidazole rings is 2. The molecule has 0 saturated heterocycles. The van der Waals surface area contributed by atoms with Gasteiger partial charge in [-0.05, 0) is 18.1 Å².